The minimum absolute atomic E-state index is 0.0534. The zero-order chi connectivity index (χ0) is 18.8. The Morgan fingerprint density at radius 2 is 2.00 bits per heavy atom. The van der Waals surface area contributed by atoms with Crippen molar-refractivity contribution in [3.05, 3.63) is 48.0 Å². The number of rotatable bonds is 10. The Kier molecular flexibility index (Phi) is 8.56. The van der Waals surface area contributed by atoms with Gasteiger partial charge in [-0.05, 0) is 36.7 Å². The minimum Gasteiger partial charge on any atom is -0.469 e. The number of unbranched alkanes of at least 4 members (excludes halogenated alkanes) is 1. The highest BCUT2D eigenvalue weighted by atomic mass is 16.5. The SMILES string of the molecule is COC(=O)CCC/C=C\C[C@H]1C(=O)C[C@@H](C)[C@@H]1COCc1ccccc1. The Labute approximate surface area is 156 Å². The number of Topliss-reactive ketones (excluding diaryl/α,β-unsaturated/α-hetero) is 1. The molecule has 0 unspecified atom stereocenters. The molecule has 0 radical (unpaired) electrons. The van der Waals surface area contributed by atoms with Crippen molar-refractivity contribution in [1.82, 2.24) is 0 Å². The summed E-state index contributed by atoms with van der Waals surface area (Å²) in [6, 6.07) is 10.1. The van der Waals surface area contributed by atoms with E-state index in [4.69, 9.17) is 4.74 Å². The van der Waals surface area contributed by atoms with Crippen molar-refractivity contribution in [3.8, 4) is 0 Å². The molecule has 1 aliphatic carbocycles. The van der Waals surface area contributed by atoms with Crippen molar-refractivity contribution in [2.24, 2.45) is 17.8 Å². The number of carbonyl (C=O) groups excluding carboxylic acids is 2. The Bertz CT molecular complexity index is 593. The van der Waals surface area contributed by atoms with Gasteiger partial charge in [-0.3, -0.25) is 9.59 Å². The number of carbonyl (C=O) groups is 2. The largest absolute Gasteiger partial charge is 0.469 e. The van der Waals surface area contributed by atoms with E-state index in [-0.39, 0.29) is 17.8 Å². The van der Waals surface area contributed by atoms with Crippen LogP contribution < -0.4 is 0 Å². The van der Waals surface area contributed by atoms with Crippen LogP contribution in [0.5, 0.6) is 0 Å². The Hall–Kier alpha value is -1.94. The molecule has 1 fully saturated rings. The standard InChI is InChI=1S/C22H30O4/c1-17-14-21(23)19(12-8-3-4-9-13-22(24)25-2)20(17)16-26-15-18-10-6-5-7-11-18/h3,5-8,10-11,17,19-20H,4,9,12-16H2,1-2H3/b8-3-/t17-,19-,20+/m1/s1. The molecule has 1 aromatic rings. The third-order valence-electron chi connectivity index (χ3n) is 5.14. The van der Waals surface area contributed by atoms with E-state index in [0.717, 1.165) is 24.8 Å². The lowest BCUT2D eigenvalue weighted by molar-refractivity contribution is -0.140. The first kappa shape index (κ1) is 20.4. The predicted octanol–water partition coefficient (Wildman–Crippen LogP) is 4.33. The minimum atomic E-state index is -0.172. The molecule has 1 aromatic carbocycles. The molecule has 0 spiro atoms. The number of esters is 1. The summed E-state index contributed by atoms with van der Waals surface area (Å²) in [4.78, 5) is 23.4. The first-order chi connectivity index (χ1) is 12.6. The molecule has 1 aliphatic rings. The van der Waals surface area contributed by atoms with Crippen molar-refractivity contribution in [2.75, 3.05) is 13.7 Å². The Morgan fingerprint density at radius 1 is 1.23 bits per heavy atom. The van der Waals surface area contributed by atoms with Crippen LogP contribution in [0.2, 0.25) is 0 Å². The summed E-state index contributed by atoms with van der Waals surface area (Å²) >= 11 is 0. The summed E-state index contributed by atoms with van der Waals surface area (Å²) < 4.78 is 10.5. The van der Waals surface area contributed by atoms with Crippen LogP contribution in [0.15, 0.2) is 42.5 Å². The molecule has 0 heterocycles. The maximum Gasteiger partial charge on any atom is 0.305 e. The van der Waals surface area contributed by atoms with E-state index >= 15 is 0 Å². The number of allylic oxidation sites excluding steroid dienone is 2. The molecule has 4 nitrogen and oxygen atoms in total. The van der Waals surface area contributed by atoms with E-state index in [9.17, 15) is 9.59 Å². The third-order valence-corrected chi connectivity index (χ3v) is 5.14. The van der Waals surface area contributed by atoms with Gasteiger partial charge >= 0.3 is 5.97 Å². The Balaban J connectivity index is 1.75. The fraction of sp³-hybridized carbons (Fsp3) is 0.545. The van der Waals surface area contributed by atoms with E-state index in [1.807, 2.05) is 18.2 Å². The van der Waals surface area contributed by atoms with Crippen LogP contribution in [0.4, 0.5) is 0 Å². The van der Waals surface area contributed by atoms with E-state index in [0.29, 0.717) is 37.8 Å². The average Bonchev–Trinajstić information content (AvgIpc) is 2.92. The number of methoxy groups -OCH3 is 1. The summed E-state index contributed by atoms with van der Waals surface area (Å²) in [6.45, 7) is 3.37. The Morgan fingerprint density at radius 3 is 2.73 bits per heavy atom. The van der Waals surface area contributed by atoms with Crippen LogP contribution in [0, 0.1) is 17.8 Å². The van der Waals surface area contributed by atoms with Crippen LogP contribution in [0.25, 0.3) is 0 Å². The van der Waals surface area contributed by atoms with Crippen molar-refractivity contribution in [1.29, 1.82) is 0 Å². The highest BCUT2D eigenvalue weighted by Gasteiger charge is 2.39. The van der Waals surface area contributed by atoms with Gasteiger partial charge in [0.05, 0.1) is 20.3 Å². The van der Waals surface area contributed by atoms with Gasteiger partial charge in [0.25, 0.3) is 0 Å². The molecule has 0 N–H and O–H groups in total. The maximum atomic E-state index is 12.3. The van der Waals surface area contributed by atoms with E-state index < -0.39 is 0 Å². The van der Waals surface area contributed by atoms with Gasteiger partial charge in [0.2, 0.25) is 0 Å². The van der Waals surface area contributed by atoms with Crippen LogP contribution in [-0.4, -0.2) is 25.5 Å². The number of ketones is 1. The molecular formula is C22H30O4. The van der Waals surface area contributed by atoms with Gasteiger partial charge in [-0.2, -0.15) is 0 Å². The quantitative estimate of drug-likeness (QED) is 0.355. The van der Waals surface area contributed by atoms with Gasteiger partial charge < -0.3 is 9.47 Å². The lowest BCUT2D eigenvalue weighted by atomic mass is 9.88. The lowest BCUT2D eigenvalue weighted by Crippen LogP contribution is -2.21. The molecule has 26 heavy (non-hydrogen) atoms. The molecule has 4 heteroatoms. The van der Waals surface area contributed by atoms with Crippen LogP contribution in [-0.2, 0) is 25.7 Å². The van der Waals surface area contributed by atoms with Gasteiger partial charge in [0, 0.05) is 18.8 Å². The molecule has 0 bridgehead atoms. The second-order valence-corrected chi connectivity index (χ2v) is 7.09. The van der Waals surface area contributed by atoms with E-state index in [1.54, 1.807) is 0 Å². The van der Waals surface area contributed by atoms with E-state index in [2.05, 4.69) is 35.9 Å². The summed E-state index contributed by atoms with van der Waals surface area (Å²) in [5.74, 6) is 0.887. The number of hydrogen-bond donors (Lipinski definition) is 0. The second kappa shape index (κ2) is 10.9. The number of benzene rings is 1. The third kappa shape index (κ3) is 6.41. The highest BCUT2D eigenvalue weighted by molar-refractivity contribution is 5.84. The zero-order valence-corrected chi connectivity index (χ0v) is 15.9. The topological polar surface area (TPSA) is 52.6 Å². The summed E-state index contributed by atoms with van der Waals surface area (Å²) in [5, 5.41) is 0. The first-order valence-corrected chi connectivity index (χ1v) is 9.48. The summed E-state index contributed by atoms with van der Waals surface area (Å²) in [7, 11) is 1.41. The van der Waals surface area contributed by atoms with Gasteiger partial charge in [-0.1, -0.05) is 49.4 Å². The van der Waals surface area contributed by atoms with Crippen LogP contribution >= 0.6 is 0 Å². The van der Waals surface area contributed by atoms with Crippen LogP contribution in [0.3, 0.4) is 0 Å². The maximum absolute atomic E-state index is 12.3. The normalized spacial score (nSPS) is 22.8. The van der Waals surface area contributed by atoms with E-state index in [1.165, 1.54) is 7.11 Å². The number of hydrogen-bond acceptors (Lipinski definition) is 4. The zero-order valence-electron chi connectivity index (χ0n) is 15.9. The molecule has 142 valence electrons. The van der Waals surface area contributed by atoms with Gasteiger partial charge in [-0.25, -0.2) is 0 Å². The number of ether oxygens (including phenoxy) is 2. The molecule has 1 saturated carbocycles. The smallest absolute Gasteiger partial charge is 0.305 e. The summed E-state index contributed by atoms with van der Waals surface area (Å²) in [6.07, 6.45) is 7.63. The van der Waals surface area contributed by atoms with Crippen molar-refractivity contribution in [3.63, 3.8) is 0 Å². The molecule has 3 atom stereocenters. The van der Waals surface area contributed by atoms with Crippen molar-refractivity contribution >= 4 is 11.8 Å². The summed E-state index contributed by atoms with van der Waals surface area (Å²) in [5.41, 5.74) is 1.16. The monoisotopic (exact) mass is 358 g/mol. The van der Waals surface area contributed by atoms with Gasteiger partial charge in [0.15, 0.2) is 0 Å². The van der Waals surface area contributed by atoms with Crippen molar-refractivity contribution in [2.45, 2.75) is 45.6 Å². The second-order valence-electron chi connectivity index (χ2n) is 7.09. The van der Waals surface area contributed by atoms with Gasteiger partial charge in [0.1, 0.15) is 5.78 Å². The predicted molar refractivity (Wildman–Crippen MR) is 101 cm³/mol. The fourth-order valence-corrected chi connectivity index (χ4v) is 3.56. The molecule has 0 aromatic heterocycles. The molecule has 0 saturated heterocycles. The molecular weight excluding hydrogens is 328 g/mol. The highest BCUT2D eigenvalue weighted by Crippen LogP contribution is 2.36. The molecule has 2 rings (SSSR count). The molecule has 0 aliphatic heterocycles. The van der Waals surface area contributed by atoms with Gasteiger partial charge in [-0.15, -0.1) is 0 Å². The van der Waals surface area contributed by atoms with Crippen LogP contribution in [0.1, 0.15) is 44.6 Å². The van der Waals surface area contributed by atoms with Crippen molar-refractivity contribution < 1.29 is 19.1 Å². The fourth-order valence-electron chi connectivity index (χ4n) is 3.56. The lowest BCUT2D eigenvalue weighted by Gasteiger charge is -2.20. The first-order valence-electron chi connectivity index (χ1n) is 9.48. The molecule has 0 amide bonds. The average molecular weight is 358 g/mol.